The molecule has 26 heavy (non-hydrogen) atoms. The highest BCUT2D eigenvalue weighted by atomic mass is 31.2. The summed E-state index contributed by atoms with van der Waals surface area (Å²) in [6.07, 6.45) is 1.15. The van der Waals surface area contributed by atoms with Gasteiger partial charge in [-0.1, -0.05) is 54.6 Å². The zero-order chi connectivity index (χ0) is 18.4. The van der Waals surface area contributed by atoms with Crippen molar-refractivity contribution in [3.63, 3.8) is 0 Å². The molecule has 0 atom stereocenters. The summed E-state index contributed by atoms with van der Waals surface area (Å²) in [5.41, 5.74) is 0. The van der Waals surface area contributed by atoms with Crippen LogP contribution in [-0.4, -0.2) is 30.7 Å². The molecule has 3 aromatic carbocycles. The smallest absolute Gasteiger partial charge is 0.113 e. The maximum absolute atomic E-state index is 2.46. The summed E-state index contributed by atoms with van der Waals surface area (Å²) >= 11 is 0. The van der Waals surface area contributed by atoms with Crippen LogP contribution in [0.1, 0.15) is 13.8 Å². The van der Waals surface area contributed by atoms with Crippen LogP contribution >= 0.6 is 7.26 Å². The second-order valence-corrected chi connectivity index (χ2v) is 10.7. The summed E-state index contributed by atoms with van der Waals surface area (Å²) in [5.74, 6) is 0. The van der Waals surface area contributed by atoms with Crippen LogP contribution in [0.15, 0.2) is 91.0 Å². The molecule has 2 heteroatoms. The van der Waals surface area contributed by atoms with Crippen LogP contribution in [0.2, 0.25) is 0 Å². The summed E-state index contributed by atoms with van der Waals surface area (Å²) in [7, 11) is 0.548. The SMILES string of the molecule is CC(C)N(C)CC[P+](c1ccccc1)(c1ccccc1)c1ccccc1. The fourth-order valence-corrected chi connectivity index (χ4v) is 7.78. The van der Waals surface area contributed by atoms with Crippen molar-refractivity contribution in [1.29, 1.82) is 0 Å². The fraction of sp³-hybridized carbons (Fsp3) is 0.250. The van der Waals surface area contributed by atoms with Crippen LogP contribution in [-0.2, 0) is 0 Å². The molecule has 0 aromatic heterocycles. The Balaban J connectivity index is 2.18. The van der Waals surface area contributed by atoms with E-state index in [1.165, 1.54) is 15.9 Å². The zero-order valence-corrected chi connectivity index (χ0v) is 16.9. The predicted molar refractivity (Wildman–Crippen MR) is 118 cm³/mol. The van der Waals surface area contributed by atoms with Gasteiger partial charge in [0.1, 0.15) is 23.2 Å². The van der Waals surface area contributed by atoms with Gasteiger partial charge in [0.15, 0.2) is 0 Å². The van der Waals surface area contributed by atoms with Crippen LogP contribution < -0.4 is 15.9 Å². The van der Waals surface area contributed by atoms with Gasteiger partial charge in [0.25, 0.3) is 0 Å². The summed E-state index contributed by atoms with van der Waals surface area (Å²) in [6.45, 7) is 5.63. The van der Waals surface area contributed by atoms with Crippen molar-refractivity contribution in [1.82, 2.24) is 4.90 Å². The van der Waals surface area contributed by atoms with E-state index < -0.39 is 7.26 Å². The lowest BCUT2D eigenvalue weighted by molar-refractivity contribution is 0.290. The molecular formula is C24H29NP+. The van der Waals surface area contributed by atoms with E-state index in [-0.39, 0.29) is 0 Å². The van der Waals surface area contributed by atoms with Crippen molar-refractivity contribution in [2.45, 2.75) is 19.9 Å². The van der Waals surface area contributed by atoms with Gasteiger partial charge in [-0.3, -0.25) is 0 Å². The number of hydrogen-bond acceptors (Lipinski definition) is 1. The molecular weight excluding hydrogens is 333 g/mol. The summed E-state index contributed by atoms with van der Waals surface area (Å²) in [5, 5.41) is 4.40. The molecule has 0 fully saturated rings. The van der Waals surface area contributed by atoms with Gasteiger partial charge in [-0.25, -0.2) is 0 Å². The fourth-order valence-electron chi connectivity index (χ4n) is 3.45. The van der Waals surface area contributed by atoms with Gasteiger partial charge in [0, 0.05) is 12.6 Å². The van der Waals surface area contributed by atoms with Gasteiger partial charge in [0.05, 0.1) is 6.16 Å². The number of hydrogen-bond donors (Lipinski definition) is 0. The van der Waals surface area contributed by atoms with E-state index in [1.54, 1.807) is 0 Å². The van der Waals surface area contributed by atoms with Crippen molar-refractivity contribution in [3.05, 3.63) is 91.0 Å². The maximum atomic E-state index is 2.46. The minimum absolute atomic E-state index is 0.555. The Morgan fingerprint density at radius 3 is 1.31 bits per heavy atom. The number of benzene rings is 3. The third kappa shape index (κ3) is 3.90. The van der Waals surface area contributed by atoms with E-state index in [0.717, 1.165) is 12.7 Å². The Bertz CT molecular complexity index is 688. The minimum atomic E-state index is -1.69. The summed E-state index contributed by atoms with van der Waals surface area (Å²) in [4.78, 5) is 2.46. The predicted octanol–water partition coefficient (Wildman–Crippen LogP) is 4.32. The van der Waals surface area contributed by atoms with Gasteiger partial charge in [-0.05, 0) is 57.3 Å². The molecule has 0 amide bonds. The Morgan fingerprint density at radius 2 is 1.00 bits per heavy atom. The van der Waals surface area contributed by atoms with E-state index in [9.17, 15) is 0 Å². The van der Waals surface area contributed by atoms with Crippen LogP contribution in [0.25, 0.3) is 0 Å². The summed E-state index contributed by atoms with van der Waals surface area (Å²) in [6, 6.07) is 33.9. The van der Waals surface area contributed by atoms with E-state index in [0.29, 0.717) is 6.04 Å². The van der Waals surface area contributed by atoms with Crippen molar-refractivity contribution in [3.8, 4) is 0 Å². The van der Waals surface area contributed by atoms with Gasteiger partial charge in [0.2, 0.25) is 0 Å². The molecule has 0 saturated carbocycles. The van der Waals surface area contributed by atoms with Crippen molar-refractivity contribution >= 4 is 23.2 Å². The van der Waals surface area contributed by atoms with Gasteiger partial charge in [-0.2, -0.15) is 0 Å². The van der Waals surface area contributed by atoms with Crippen LogP contribution in [0.3, 0.4) is 0 Å². The molecule has 0 aliphatic rings. The second-order valence-electron chi connectivity index (χ2n) is 7.11. The molecule has 0 bridgehead atoms. The van der Waals surface area contributed by atoms with E-state index in [4.69, 9.17) is 0 Å². The molecule has 0 N–H and O–H groups in total. The van der Waals surface area contributed by atoms with Gasteiger partial charge < -0.3 is 4.90 Å². The lowest BCUT2D eigenvalue weighted by atomic mass is 10.3. The third-order valence-electron chi connectivity index (χ3n) is 5.26. The highest BCUT2D eigenvalue weighted by molar-refractivity contribution is 7.95. The molecule has 0 saturated heterocycles. The molecule has 0 aliphatic heterocycles. The molecule has 3 aromatic rings. The Kier molecular flexibility index (Phi) is 6.25. The first-order chi connectivity index (χ1) is 12.6. The Labute approximate surface area is 159 Å². The molecule has 134 valence electrons. The lowest BCUT2D eigenvalue weighted by Gasteiger charge is -2.30. The minimum Gasteiger partial charge on any atom is -0.300 e. The van der Waals surface area contributed by atoms with Crippen LogP contribution in [0.4, 0.5) is 0 Å². The van der Waals surface area contributed by atoms with E-state index >= 15 is 0 Å². The molecule has 3 rings (SSSR count). The van der Waals surface area contributed by atoms with Crippen LogP contribution in [0, 0.1) is 0 Å². The van der Waals surface area contributed by atoms with Gasteiger partial charge >= 0.3 is 0 Å². The Hall–Kier alpha value is -1.95. The molecule has 0 radical (unpaired) electrons. The van der Waals surface area contributed by atoms with Crippen molar-refractivity contribution in [2.75, 3.05) is 19.8 Å². The first kappa shape index (κ1) is 18.8. The summed E-state index contributed by atoms with van der Waals surface area (Å²) < 4.78 is 0. The highest BCUT2D eigenvalue weighted by Crippen LogP contribution is 2.55. The van der Waals surface area contributed by atoms with Crippen LogP contribution in [0.5, 0.6) is 0 Å². The molecule has 0 heterocycles. The highest BCUT2D eigenvalue weighted by Gasteiger charge is 2.44. The maximum Gasteiger partial charge on any atom is 0.113 e. The first-order valence-electron chi connectivity index (χ1n) is 9.40. The molecule has 0 aliphatic carbocycles. The second kappa shape index (κ2) is 8.62. The van der Waals surface area contributed by atoms with Crippen molar-refractivity contribution in [2.24, 2.45) is 0 Å². The quantitative estimate of drug-likeness (QED) is 0.566. The standard InChI is InChI=1S/C24H29NP/c1-21(2)25(3)19-20-26(22-13-7-4-8-14-22,23-15-9-5-10-16-23)24-17-11-6-12-18-24/h4-18,21H,19-20H2,1-3H3/q+1. The monoisotopic (exact) mass is 362 g/mol. The number of nitrogens with zero attached hydrogens (tertiary/aromatic N) is 1. The lowest BCUT2D eigenvalue weighted by Crippen LogP contribution is -2.38. The Morgan fingerprint density at radius 1 is 0.654 bits per heavy atom. The van der Waals surface area contributed by atoms with E-state index in [1.807, 2.05) is 0 Å². The third-order valence-corrected chi connectivity index (χ3v) is 9.67. The first-order valence-corrected chi connectivity index (χ1v) is 11.4. The zero-order valence-electron chi connectivity index (χ0n) is 16.0. The van der Waals surface area contributed by atoms with Crippen molar-refractivity contribution < 1.29 is 0 Å². The average Bonchev–Trinajstić information content (AvgIpc) is 2.70. The topological polar surface area (TPSA) is 3.24 Å². The number of rotatable bonds is 7. The molecule has 0 unspecified atom stereocenters. The molecule has 1 nitrogen and oxygen atoms in total. The van der Waals surface area contributed by atoms with Gasteiger partial charge in [-0.15, -0.1) is 0 Å². The molecule has 0 spiro atoms. The normalized spacial score (nSPS) is 11.9. The van der Waals surface area contributed by atoms with E-state index in [2.05, 4.69) is 117 Å². The average molecular weight is 362 g/mol. The largest absolute Gasteiger partial charge is 0.300 e.